The SMILES string of the molecule is CCC1CCC(O)(CNC2CC(C)N(C)CC2C)CC1. The molecule has 3 atom stereocenters. The van der Waals surface area contributed by atoms with Crippen LogP contribution in [-0.4, -0.2) is 47.8 Å². The van der Waals surface area contributed by atoms with Gasteiger partial charge >= 0.3 is 0 Å². The molecule has 0 spiro atoms. The van der Waals surface area contributed by atoms with Gasteiger partial charge in [-0.15, -0.1) is 0 Å². The summed E-state index contributed by atoms with van der Waals surface area (Å²) in [6, 6.07) is 1.21. The Labute approximate surface area is 125 Å². The van der Waals surface area contributed by atoms with Crippen molar-refractivity contribution in [2.75, 3.05) is 20.1 Å². The van der Waals surface area contributed by atoms with E-state index in [4.69, 9.17) is 0 Å². The van der Waals surface area contributed by atoms with Gasteiger partial charge in [-0.25, -0.2) is 0 Å². The van der Waals surface area contributed by atoms with Crippen LogP contribution in [0.15, 0.2) is 0 Å². The summed E-state index contributed by atoms with van der Waals surface area (Å²) in [6.45, 7) is 8.86. The maximum absolute atomic E-state index is 10.7. The average molecular weight is 282 g/mol. The van der Waals surface area contributed by atoms with Gasteiger partial charge in [0.2, 0.25) is 0 Å². The van der Waals surface area contributed by atoms with Gasteiger partial charge in [0, 0.05) is 25.2 Å². The molecule has 0 aromatic carbocycles. The van der Waals surface area contributed by atoms with Crippen molar-refractivity contribution in [3.8, 4) is 0 Å². The second-order valence-corrected chi connectivity index (χ2v) is 7.56. The summed E-state index contributed by atoms with van der Waals surface area (Å²) in [7, 11) is 2.22. The van der Waals surface area contributed by atoms with E-state index in [1.807, 2.05) is 0 Å². The molecule has 3 nitrogen and oxygen atoms in total. The summed E-state index contributed by atoms with van der Waals surface area (Å²) in [6.07, 6.45) is 6.84. The minimum atomic E-state index is -0.446. The highest BCUT2D eigenvalue weighted by Gasteiger charge is 2.35. The number of rotatable bonds is 4. The third kappa shape index (κ3) is 3.96. The fourth-order valence-electron chi connectivity index (χ4n) is 3.95. The average Bonchev–Trinajstić information content (AvgIpc) is 2.42. The van der Waals surface area contributed by atoms with Crippen LogP contribution in [0.2, 0.25) is 0 Å². The predicted octanol–water partition coefficient (Wildman–Crippen LogP) is 2.64. The monoisotopic (exact) mass is 282 g/mol. The summed E-state index contributed by atoms with van der Waals surface area (Å²) < 4.78 is 0. The van der Waals surface area contributed by atoms with Gasteiger partial charge < -0.3 is 15.3 Å². The Bertz CT molecular complexity index is 299. The van der Waals surface area contributed by atoms with E-state index in [-0.39, 0.29) is 0 Å². The summed E-state index contributed by atoms with van der Waals surface area (Å²) in [5.74, 6) is 1.52. The highest BCUT2D eigenvalue weighted by molar-refractivity contribution is 4.91. The van der Waals surface area contributed by atoms with Gasteiger partial charge in [-0.05, 0) is 57.9 Å². The van der Waals surface area contributed by atoms with Crippen molar-refractivity contribution in [3.63, 3.8) is 0 Å². The molecule has 0 aromatic heterocycles. The first-order valence-electron chi connectivity index (χ1n) is 8.59. The van der Waals surface area contributed by atoms with E-state index in [0.717, 1.165) is 31.8 Å². The zero-order valence-corrected chi connectivity index (χ0v) is 13.9. The van der Waals surface area contributed by atoms with E-state index >= 15 is 0 Å². The van der Waals surface area contributed by atoms with Crippen molar-refractivity contribution >= 4 is 0 Å². The molecule has 2 N–H and O–H groups in total. The minimum Gasteiger partial charge on any atom is -0.389 e. The highest BCUT2D eigenvalue weighted by atomic mass is 16.3. The van der Waals surface area contributed by atoms with E-state index < -0.39 is 5.60 Å². The second-order valence-electron chi connectivity index (χ2n) is 7.56. The molecule has 1 saturated carbocycles. The fourth-order valence-corrected chi connectivity index (χ4v) is 3.95. The van der Waals surface area contributed by atoms with Gasteiger partial charge in [0.25, 0.3) is 0 Å². The molecule has 0 bridgehead atoms. The topological polar surface area (TPSA) is 35.5 Å². The molecule has 2 rings (SSSR count). The van der Waals surface area contributed by atoms with E-state index in [1.54, 1.807) is 0 Å². The quantitative estimate of drug-likeness (QED) is 0.832. The van der Waals surface area contributed by atoms with E-state index in [0.29, 0.717) is 18.0 Å². The molecule has 0 radical (unpaired) electrons. The lowest BCUT2D eigenvalue weighted by Crippen LogP contribution is -2.54. The van der Waals surface area contributed by atoms with Gasteiger partial charge in [0.15, 0.2) is 0 Å². The molecule has 2 fully saturated rings. The number of aliphatic hydroxyl groups is 1. The number of hydrogen-bond acceptors (Lipinski definition) is 3. The van der Waals surface area contributed by atoms with Gasteiger partial charge in [0.1, 0.15) is 0 Å². The molecule has 2 aliphatic rings. The maximum Gasteiger partial charge on any atom is 0.0771 e. The molecule has 0 amide bonds. The molecular formula is C17H34N2O. The van der Waals surface area contributed by atoms with Crippen molar-refractivity contribution in [1.82, 2.24) is 10.2 Å². The van der Waals surface area contributed by atoms with Crippen molar-refractivity contribution in [3.05, 3.63) is 0 Å². The molecule has 118 valence electrons. The Morgan fingerprint density at radius 3 is 2.50 bits per heavy atom. The number of hydrogen-bond donors (Lipinski definition) is 2. The van der Waals surface area contributed by atoms with Crippen LogP contribution in [0.4, 0.5) is 0 Å². The predicted molar refractivity (Wildman–Crippen MR) is 84.9 cm³/mol. The highest BCUT2D eigenvalue weighted by Crippen LogP contribution is 2.33. The number of likely N-dealkylation sites (tertiary alicyclic amines) is 1. The van der Waals surface area contributed by atoms with Crippen molar-refractivity contribution in [2.45, 2.75) is 77.0 Å². The molecule has 3 unspecified atom stereocenters. The molecule has 1 saturated heterocycles. The van der Waals surface area contributed by atoms with Crippen LogP contribution in [0.25, 0.3) is 0 Å². The van der Waals surface area contributed by atoms with Crippen molar-refractivity contribution in [2.24, 2.45) is 11.8 Å². The third-order valence-corrected chi connectivity index (χ3v) is 5.92. The number of nitrogens with one attached hydrogen (secondary N) is 1. The maximum atomic E-state index is 10.7. The van der Waals surface area contributed by atoms with Crippen LogP contribution in [0.5, 0.6) is 0 Å². The number of piperidine rings is 1. The molecular weight excluding hydrogens is 248 g/mol. The Kier molecular flexibility index (Phi) is 5.49. The zero-order valence-electron chi connectivity index (χ0n) is 13.9. The normalized spacial score (nSPS) is 43.6. The smallest absolute Gasteiger partial charge is 0.0771 e. The minimum absolute atomic E-state index is 0.446. The Hall–Kier alpha value is -0.120. The van der Waals surface area contributed by atoms with Gasteiger partial charge in [-0.3, -0.25) is 0 Å². The Morgan fingerprint density at radius 2 is 1.90 bits per heavy atom. The molecule has 1 heterocycles. The summed E-state index contributed by atoms with van der Waals surface area (Å²) in [5, 5.41) is 14.4. The summed E-state index contributed by atoms with van der Waals surface area (Å²) in [5.41, 5.74) is -0.446. The molecule has 20 heavy (non-hydrogen) atoms. The molecule has 3 heteroatoms. The Morgan fingerprint density at radius 1 is 1.25 bits per heavy atom. The standard InChI is InChI=1S/C17H34N2O/c1-5-15-6-8-17(20,9-7-15)12-18-16-10-14(3)19(4)11-13(16)2/h13-16,18,20H,5-12H2,1-4H3. The summed E-state index contributed by atoms with van der Waals surface area (Å²) in [4.78, 5) is 2.45. The lowest BCUT2D eigenvalue weighted by atomic mass is 9.77. The van der Waals surface area contributed by atoms with E-state index in [9.17, 15) is 5.11 Å². The van der Waals surface area contributed by atoms with Crippen LogP contribution in [0.1, 0.15) is 59.3 Å². The summed E-state index contributed by atoms with van der Waals surface area (Å²) >= 11 is 0. The zero-order chi connectivity index (χ0) is 14.8. The molecule has 1 aliphatic heterocycles. The van der Waals surface area contributed by atoms with Crippen LogP contribution in [0, 0.1) is 11.8 Å². The fraction of sp³-hybridized carbons (Fsp3) is 1.00. The lowest BCUT2D eigenvalue weighted by Gasteiger charge is -2.42. The van der Waals surface area contributed by atoms with Gasteiger partial charge in [-0.2, -0.15) is 0 Å². The van der Waals surface area contributed by atoms with Gasteiger partial charge in [0.05, 0.1) is 5.60 Å². The van der Waals surface area contributed by atoms with Crippen LogP contribution in [-0.2, 0) is 0 Å². The van der Waals surface area contributed by atoms with Crippen LogP contribution >= 0.6 is 0 Å². The third-order valence-electron chi connectivity index (χ3n) is 5.92. The molecule has 0 aromatic rings. The van der Waals surface area contributed by atoms with Crippen LogP contribution < -0.4 is 5.32 Å². The van der Waals surface area contributed by atoms with E-state index in [1.165, 1.54) is 25.7 Å². The van der Waals surface area contributed by atoms with Crippen molar-refractivity contribution in [1.29, 1.82) is 0 Å². The Balaban J connectivity index is 1.80. The second kappa shape index (κ2) is 6.76. The first kappa shape index (κ1) is 16.3. The first-order valence-corrected chi connectivity index (χ1v) is 8.59. The largest absolute Gasteiger partial charge is 0.389 e. The van der Waals surface area contributed by atoms with Crippen molar-refractivity contribution < 1.29 is 5.11 Å². The van der Waals surface area contributed by atoms with Crippen LogP contribution in [0.3, 0.4) is 0 Å². The van der Waals surface area contributed by atoms with Gasteiger partial charge in [-0.1, -0.05) is 20.3 Å². The number of nitrogens with zero attached hydrogens (tertiary/aromatic N) is 1. The first-order chi connectivity index (χ1) is 9.43. The van der Waals surface area contributed by atoms with E-state index in [2.05, 4.69) is 38.0 Å². The molecule has 1 aliphatic carbocycles. The lowest BCUT2D eigenvalue weighted by molar-refractivity contribution is -0.0153.